The molecule has 2 aromatic carbocycles. The van der Waals surface area contributed by atoms with E-state index in [2.05, 4.69) is 0 Å². The molecule has 0 aliphatic heterocycles. The SMILES string of the molecule is Cc1ccc(C(N)=O)c(OS(=O)(=O)c2cccc([N+](=O)[O-])c2)c1. The molecule has 0 aliphatic rings. The first-order valence-electron chi connectivity index (χ1n) is 6.30. The van der Waals surface area contributed by atoms with Crippen LogP contribution >= 0.6 is 0 Å². The summed E-state index contributed by atoms with van der Waals surface area (Å²) in [5, 5.41) is 10.7. The summed E-state index contributed by atoms with van der Waals surface area (Å²) in [5.41, 5.74) is 5.33. The van der Waals surface area contributed by atoms with Gasteiger partial charge in [0, 0.05) is 12.1 Å². The highest BCUT2D eigenvalue weighted by Crippen LogP contribution is 2.25. The van der Waals surface area contributed by atoms with Gasteiger partial charge in [-0.3, -0.25) is 14.9 Å². The Hall–Kier alpha value is -2.94. The van der Waals surface area contributed by atoms with Gasteiger partial charge >= 0.3 is 10.1 Å². The largest absolute Gasteiger partial charge is 0.378 e. The number of rotatable bonds is 5. The van der Waals surface area contributed by atoms with E-state index in [0.717, 1.165) is 18.2 Å². The van der Waals surface area contributed by atoms with Gasteiger partial charge in [0.2, 0.25) is 0 Å². The van der Waals surface area contributed by atoms with Crippen molar-refractivity contribution < 1.29 is 22.3 Å². The Morgan fingerprint density at radius 2 is 1.91 bits per heavy atom. The monoisotopic (exact) mass is 336 g/mol. The van der Waals surface area contributed by atoms with Crippen molar-refractivity contribution >= 4 is 21.7 Å². The lowest BCUT2D eigenvalue weighted by Crippen LogP contribution is -2.16. The lowest BCUT2D eigenvalue weighted by Gasteiger charge is -2.10. The van der Waals surface area contributed by atoms with Crippen LogP contribution in [0.15, 0.2) is 47.4 Å². The van der Waals surface area contributed by atoms with Crippen LogP contribution in [0.4, 0.5) is 5.69 Å². The number of nitrogens with two attached hydrogens (primary N) is 1. The zero-order valence-corrected chi connectivity index (χ0v) is 12.7. The van der Waals surface area contributed by atoms with Crippen LogP contribution in [-0.2, 0) is 10.1 Å². The molecule has 0 radical (unpaired) electrons. The van der Waals surface area contributed by atoms with Crippen molar-refractivity contribution in [3.05, 3.63) is 63.7 Å². The van der Waals surface area contributed by atoms with Crippen molar-refractivity contribution in [3.8, 4) is 5.75 Å². The summed E-state index contributed by atoms with van der Waals surface area (Å²) in [7, 11) is -4.35. The van der Waals surface area contributed by atoms with E-state index < -0.39 is 31.5 Å². The summed E-state index contributed by atoms with van der Waals surface area (Å²) in [6, 6.07) is 8.66. The summed E-state index contributed by atoms with van der Waals surface area (Å²) >= 11 is 0. The Labute approximate surface area is 131 Å². The lowest BCUT2D eigenvalue weighted by molar-refractivity contribution is -0.385. The summed E-state index contributed by atoms with van der Waals surface area (Å²) in [4.78, 5) is 21.0. The number of non-ortho nitro benzene ring substituents is 1. The number of carbonyl (C=O) groups is 1. The highest BCUT2D eigenvalue weighted by molar-refractivity contribution is 7.87. The average Bonchev–Trinajstić information content (AvgIpc) is 2.46. The quantitative estimate of drug-likeness (QED) is 0.503. The predicted molar refractivity (Wildman–Crippen MR) is 80.6 cm³/mol. The molecule has 0 saturated carbocycles. The molecule has 120 valence electrons. The van der Waals surface area contributed by atoms with E-state index >= 15 is 0 Å². The first-order chi connectivity index (χ1) is 10.7. The summed E-state index contributed by atoms with van der Waals surface area (Å²) in [6.45, 7) is 1.68. The van der Waals surface area contributed by atoms with Crippen LogP contribution in [0.3, 0.4) is 0 Å². The van der Waals surface area contributed by atoms with Crippen molar-refractivity contribution in [1.82, 2.24) is 0 Å². The van der Waals surface area contributed by atoms with Crippen LogP contribution in [0.25, 0.3) is 0 Å². The van der Waals surface area contributed by atoms with Gasteiger partial charge < -0.3 is 9.92 Å². The normalized spacial score (nSPS) is 11.0. The fourth-order valence-electron chi connectivity index (χ4n) is 1.82. The van der Waals surface area contributed by atoms with Gasteiger partial charge in [-0.15, -0.1) is 0 Å². The number of nitro groups is 1. The van der Waals surface area contributed by atoms with E-state index in [0.29, 0.717) is 5.56 Å². The zero-order valence-electron chi connectivity index (χ0n) is 11.9. The molecule has 0 saturated heterocycles. The van der Waals surface area contributed by atoms with Gasteiger partial charge in [0.15, 0.2) is 5.75 Å². The van der Waals surface area contributed by atoms with Gasteiger partial charge in [-0.2, -0.15) is 8.42 Å². The van der Waals surface area contributed by atoms with Crippen molar-refractivity contribution in [2.45, 2.75) is 11.8 Å². The maximum atomic E-state index is 12.3. The van der Waals surface area contributed by atoms with Crippen molar-refractivity contribution in [3.63, 3.8) is 0 Å². The van der Waals surface area contributed by atoms with Crippen LogP contribution in [0.1, 0.15) is 15.9 Å². The highest BCUT2D eigenvalue weighted by Gasteiger charge is 2.22. The molecule has 0 aromatic heterocycles. The lowest BCUT2D eigenvalue weighted by atomic mass is 10.1. The molecule has 0 unspecified atom stereocenters. The topological polar surface area (TPSA) is 130 Å². The minimum atomic E-state index is -4.35. The van der Waals surface area contributed by atoms with Crippen molar-refractivity contribution in [1.29, 1.82) is 0 Å². The maximum absolute atomic E-state index is 12.3. The highest BCUT2D eigenvalue weighted by atomic mass is 32.2. The number of primary amides is 1. The Kier molecular flexibility index (Phi) is 4.32. The van der Waals surface area contributed by atoms with Crippen molar-refractivity contribution in [2.24, 2.45) is 5.73 Å². The number of benzene rings is 2. The first kappa shape index (κ1) is 16.4. The van der Waals surface area contributed by atoms with Gasteiger partial charge in [0.25, 0.3) is 11.6 Å². The summed E-state index contributed by atoms with van der Waals surface area (Å²) in [5.74, 6) is -1.08. The molecule has 0 fully saturated rings. The minimum Gasteiger partial charge on any atom is -0.378 e. The van der Waals surface area contributed by atoms with Gasteiger partial charge in [-0.05, 0) is 30.7 Å². The number of carbonyl (C=O) groups excluding carboxylic acids is 1. The summed E-state index contributed by atoms with van der Waals surface area (Å²) < 4.78 is 29.5. The average molecular weight is 336 g/mol. The Bertz CT molecular complexity index is 892. The molecule has 0 bridgehead atoms. The van der Waals surface area contributed by atoms with Crippen LogP contribution in [0.2, 0.25) is 0 Å². The fourth-order valence-corrected chi connectivity index (χ4v) is 2.80. The molecule has 23 heavy (non-hydrogen) atoms. The fraction of sp³-hybridized carbons (Fsp3) is 0.0714. The number of aryl methyl sites for hydroxylation is 1. The number of nitrogens with zero attached hydrogens (tertiary/aromatic N) is 1. The second-order valence-corrected chi connectivity index (χ2v) is 6.20. The number of nitro benzene ring substituents is 1. The maximum Gasteiger partial charge on any atom is 0.339 e. The molecule has 0 atom stereocenters. The molecule has 2 N–H and O–H groups in total. The van der Waals surface area contributed by atoms with E-state index in [-0.39, 0.29) is 11.3 Å². The van der Waals surface area contributed by atoms with Crippen LogP contribution in [0.5, 0.6) is 5.75 Å². The minimum absolute atomic E-state index is 0.107. The Balaban J connectivity index is 2.47. The third-order valence-corrected chi connectivity index (χ3v) is 4.15. The number of amides is 1. The third-order valence-electron chi connectivity index (χ3n) is 2.92. The molecule has 9 heteroatoms. The third kappa shape index (κ3) is 3.64. The summed E-state index contributed by atoms with van der Waals surface area (Å²) in [6.07, 6.45) is 0. The van der Waals surface area contributed by atoms with E-state index in [1.165, 1.54) is 18.2 Å². The zero-order chi connectivity index (χ0) is 17.2. The first-order valence-corrected chi connectivity index (χ1v) is 7.71. The molecule has 2 rings (SSSR count). The molecule has 2 aromatic rings. The van der Waals surface area contributed by atoms with Gasteiger partial charge in [0.1, 0.15) is 4.90 Å². The molecular formula is C14H12N2O6S. The van der Waals surface area contributed by atoms with Crippen LogP contribution in [-0.4, -0.2) is 19.2 Å². The van der Waals surface area contributed by atoms with Crippen LogP contribution in [0, 0.1) is 17.0 Å². The van der Waals surface area contributed by atoms with Crippen molar-refractivity contribution in [2.75, 3.05) is 0 Å². The Morgan fingerprint density at radius 1 is 1.22 bits per heavy atom. The molecule has 0 heterocycles. The predicted octanol–water partition coefficient (Wildman–Crippen LogP) is 1.77. The Morgan fingerprint density at radius 3 is 2.52 bits per heavy atom. The molecular weight excluding hydrogens is 324 g/mol. The van der Waals surface area contributed by atoms with Gasteiger partial charge in [-0.1, -0.05) is 12.1 Å². The number of hydrogen-bond acceptors (Lipinski definition) is 6. The van der Waals surface area contributed by atoms with Gasteiger partial charge in [0.05, 0.1) is 10.5 Å². The smallest absolute Gasteiger partial charge is 0.339 e. The van der Waals surface area contributed by atoms with E-state index in [4.69, 9.17) is 9.92 Å². The van der Waals surface area contributed by atoms with E-state index in [9.17, 15) is 23.3 Å². The van der Waals surface area contributed by atoms with Crippen LogP contribution < -0.4 is 9.92 Å². The molecule has 8 nitrogen and oxygen atoms in total. The standard InChI is InChI=1S/C14H12N2O6S/c1-9-5-6-12(14(15)17)13(7-9)22-23(20,21)11-4-2-3-10(8-11)16(18)19/h2-8H,1H3,(H2,15,17). The van der Waals surface area contributed by atoms with Gasteiger partial charge in [-0.25, -0.2) is 0 Å². The number of hydrogen-bond donors (Lipinski definition) is 1. The molecule has 0 spiro atoms. The van der Waals surface area contributed by atoms with E-state index in [1.807, 2.05) is 0 Å². The second-order valence-electron chi connectivity index (χ2n) is 4.66. The van der Waals surface area contributed by atoms with E-state index in [1.54, 1.807) is 13.0 Å². The molecule has 1 amide bonds. The second kappa shape index (κ2) is 6.05. The molecule has 0 aliphatic carbocycles.